The van der Waals surface area contributed by atoms with Gasteiger partial charge in [0.05, 0.1) is 18.2 Å². The highest BCUT2D eigenvalue weighted by Crippen LogP contribution is 2.11. The first-order valence-electron chi connectivity index (χ1n) is 6.06. The van der Waals surface area contributed by atoms with Crippen LogP contribution in [0, 0.1) is 0 Å². The Morgan fingerprint density at radius 1 is 1.28 bits per heavy atom. The van der Waals surface area contributed by atoms with E-state index < -0.39 is 0 Å². The number of allylic oxidation sites excluding steroid dienone is 1. The highest BCUT2D eigenvalue weighted by atomic mass is 15.0. The van der Waals surface area contributed by atoms with Crippen LogP contribution in [0.1, 0.15) is 17.4 Å². The molecule has 3 heteroatoms. The highest BCUT2D eigenvalue weighted by Gasteiger charge is 2.15. The highest BCUT2D eigenvalue weighted by molar-refractivity contribution is 5.11. The number of nitrogens with two attached hydrogens (primary N) is 1. The Hall–Kier alpha value is -2.00. The molecule has 1 unspecified atom stereocenters. The molecule has 0 amide bonds. The van der Waals surface area contributed by atoms with Crippen molar-refractivity contribution in [2.45, 2.75) is 19.0 Å². The normalized spacial score (nSPS) is 12.1. The van der Waals surface area contributed by atoms with Gasteiger partial charge < -0.3 is 5.73 Å². The third kappa shape index (κ3) is 3.02. The van der Waals surface area contributed by atoms with Crippen molar-refractivity contribution in [2.24, 2.45) is 5.73 Å². The maximum atomic E-state index is 6.19. The van der Waals surface area contributed by atoms with Crippen LogP contribution < -0.4 is 10.3 Å². The van der Waals surface area contributed by atoms with Crippen LogP contribution in [0.4, 0.5) is 0 Å². The van der Waals surface area contributed by atoms with Gasteiger partial charge in [-0.25, -0.2) is 0 Å². The lowest BCUT2D eigenvalue weighted by Crippen LogP contribution is -2.38. The predicted octanol–water partition coefficient (Wildman–Crippen LogP) is 1.80. The van der Waals surface area contributed by atoms with Crippen molar-refractivity contribution in [3.8, 4) is 0 Å². The number of hydrogen-bond acceptors (Lipinski definition) is 2. The van der Waals surface area contributed by atoms with E-state index in [0.717, 1.165) is 18.7 Å². The van der Waals surface area contributed by atoms with E-state index in [4.69, 9.17) is 5.73 Å². The summed E-state index contributed by atoms with van der Waals surface area (Å²) in [6.07, 6.45) is 6.47. The van der Waals surface area contributed by atoms with Crippen molar-refractivity contribution in [3.05, 3.63) is 72.8 Å². The Labute approximate surface area is 108 Å². The fourth-order valence-corrected chi connectivity index (χ4v) is 1.94. The van der Waals surface area contributed by atoms with Gasteiger partial charge in [0.2, 0.25) is 0 Å². The van der Waals surface area contributed by atoms with Crippen molar-refractivity contribution in [1.29, 1.82) is 0 Å². The summed E-state index contributed by atoms with van der Waals surface area (Å²) in [5, 5.41) is 0. The molecule has 0 radical (unpaired) electrons. The minimum absolute atomic E-state index is 0.0790. The van der Waals surface area contributed by atoms with E-state index in [2.05, 4.69) is 22.2 Å². The standard InChI is InChI=1S/C15H18N3/c1-2-10-18-11-6-4-7-13(18)12-14(16)15-8-3-5-9-17-15/h2-9,11,14H,1,10,12,16H2/q+1. The van der Waals surface area contributed by atoms with Gasteiger partial charge in [-0.05, 0) is 18.2 Å². The maximum Gasteiger partial charge on any atom is 0.183 e. The lowest BCUT2D eigenvalue weighted by atomic mass is 10.1. The maximum absolute atomic E-state index is 6.19. The first-order valence-corrected chi connectivity index (χ1v) is 6.06. The molecule has 0 aliphatic heterocycles. The van der Waals surface area contributed by atoms with Crippen LogP contribution in [-0.4, -0.2) is 4.98 Å². The van der Waals surface area contributed by atoms with Gasteiger partial charge in [0, 0.05) is 18.3 Å². The molecule has 18 heavy (non-hydrogen) atoms. The summed E-state index contributed by atoms with van der Waals surface area (Å²) in [5.41, 5.74) is 8.30. The lowest BCUT2D eigenvalue weighted by molar-refractivity contribution is -0.694. The minimum atomic E-state index is -0.0790. The van der Waals surface area contributed by atoms with Gasteiger partial charge in [-0.15, -0.1) is 0 Å². The van der Waals surface area contributed by atoms with Gasteiger partial charge in [-0.1, -0.05) is 18.7 Å². The average molecular weight is 240 g/mol. The van der Waals surface area contributed by atoms with Crippen molar-refractivity contribution < 1.29 is 4.57 Å². The molecule has 0 saturated heterocycles. The lowest BCUT2D eigenvalue weighted by Gasteiger charge is -2.09. The molecule has 2 aromatic rings. The van der Waals surface area contributed by atoms with E-state index in [9.17, 15) is 0 Å². The van der Waals surface area contributed by atoms with E-state index in [1.165, 1.54) is 5.69 Å². The molecule has 2 aromatic heterocycles. The fraction of sp³-hybridized carbons (Fsp3) is 0.200. The fourth-order valence-electron chi connectivity index (χ4n) is 1.94. The molecule has 2 N–H and O–H groups in total. The molecule has 2 rings (SSSR count). The molecule has 3 nitrogen and oxygen atoms in total. The van der Waals surface area contributed by atoms with Crippen LogP contribution in [0.5, 0.6) is 0 Å². The summed E-state index contributed by atoms with van der Waals surface area (Å²) in [6.45, 7) is 4.57. The zero-order valence-corrected chi connectivity index (χ0v) is 10.4. The third-order valence-electron chi connectivity index (χ3n) is 2.86. The number of aromatic nitrogens is 2. The number of hydrogen-bond donors (Lipinski definition) is 1. The molecule has 0 aliphatic carbocycles. The van der Waals surface area contributed by atoms with Crippen molar-refractivity contribution in [2.75, 3.05) is 0 Å². The van der Waals surface area contributed by atoms with Gasteiger partial charge in [-0.3, -0.25) is 4.98 Å². The molecule has 0 spiro atoms. The van der Waals surface area contributed by atoms with Crippen LogP contribution in [0.3, 0.4) is 0 Å². The average Bonchev–Trinajstić information content (AvgIpc) is 2.42. The second-order valence-corrected chi connectivity index (χ2v) is 4.20. The Morgan fingerprint density at radius 3 is 2.83 bits per heavy atom. The summed E-state index contributed by atoms with van der Waals surface area (Å²) in [5.74, 6) is 0. The largest absolute Gasteiger partial charge is 0.322 e. The van der Waals surface area contributed by atoms with Gasteiger partial charge in [0.25, 0.3) is 0 Å². The molecule has 0 aliphatic rings. The number of nitrogens with zero attached hydrogens (tertiary/aromatic N) is 2. The minimum Gasteiger partial charge on any atom is -0.322 e. The Balaban J connectivity index is 2.16. The molecule has 0 bridgehead atoms. The molecular weight excluding hydrogens is 222 g/mol. The number of rotatable bonds is 5. The Bertz CT molecular complexity index is 508. The van der Waals surface area contributed by atoms with E-state index in [-0.39, 0.29) is 6.04 Å². The van der Waals surface area contributed by atoms with Gasteiger partial charge >= 0.3 is 0 Å². The van der Waals surface area contributed by atoms with Crippen LogP contribution in [-0.2, 0) is 13.0 Å². The van der Waals surface area contributed by atoms with Crippen LogP contribution in [0.25, 0.3) is 0 Å². The molecular formula is C15H18N3+. The van der Waals surface area contributed by atoms with Crippen molar-refractivity contribution in [1.82, 2.24) is 4.98 Å². The summed E-state index contributed by atoms with van der Waals surface area (Å²) in [6, 6.07) is 11.9. The Kier molecular flexibility index (Phi) is 4.20. The first kappa shape index (κ1) is 12.5. The van der Waals surface area contributed by atoms with Crippen molar-refractivity contribution in [3.63, 3.8) is 0 Å². The summed E-state index contributed by atoms with van der Waals surface area (Å²) in [4.78, 5) is 4.30. The van der Waals surface area contributed by atoms with Gasteiger partial charge in [0.1, 0.15) is 0 Å². The van der Waals surface area contributed by atoms with Crippen LogP contribution >= 0.6 is 0 Å². The molecule has 92 valence electrons. The zero-order chi connectivity index (χ0) is 12.8. The quantitative estimate of drug-likeness (QED) is 0.639. The van der Waals surface area contributed by atoms with Crippen LogP contribution in [0.15, 0.2) is 61.4 Å². The van der Waals surface area contributed by atoms with E-state index in [1.807, 2.05) is 42.6 Å². The predicted molar refractivity (Wildman–Crippen MR) is 71.7 cm³/mol. The third-order valence-corrected chi connectivity index (χ3v) is 2.86. The van der Waals surface area contributed by atoms with E-state index >= 15 is 0 Å². The Morgan fingerprint density at radius 2 is 2.11 bits per heavy atom. The van der Waals surface area contributed by atoms with Crippen molar-refractivity contribution >= 4 is 0 Å². The monoisotopic (exact) mass is 240 g/mol. The molecule has 0 aromatic carbocycles. The second-order valence-electron chi connectivity index (χ2n) is 4.20. The molecule has 0 fully saturated rings. The smallest absolute Gasteiger partial charge is 0.183 e. The van der Waals surface area contributed by atoms with Gasteiger partial charge in [-0.2, -0.15) is 4.57 Å². The molecule has 0 saturated carbocycles. The SMILES string of the molecule is C=CC[n+]1ccccc1CC(N)c1ccccn1. The van der Waals surface area contributed by atoms with Gasteiger partial charge in [0.15, 0.2) is 18.4 Å². The summed E-state index contributed by atoms with van der Waals surface area (Å²) >= 11 is 0. The molecule has 1 atom stereocenters. The van der Waals surface area contributed by atoms with Crippen LogP contribution in [0.2, 0.25) is 0 Å². The second kappa shape index (κ2) is 6.07. The zero-order valence-electron chi connectivity index (χ0n) is 10.4. The van der Waals surface area contributed by atoms with E-state index in [1.54, 1.807) is 6.20 Å². The van der Waals surface area contributed by atoms with E-state index in [0.29, 0.717) is 0 Å². The summed E-state index contributed by atoms with van der Waals surface area (Å²) in [7, 11) is 0. The first-order chi connectivity index (χ1) is 8.81. The number of pyridine rings is 2. The topological polar surface area (TPSA) is 42.8 Å². The molecule has 2 heterocycles. The summed E-state index contributed by atoms with van der Waals surface area (Å²) < 4.78 is 2.15.